The summed E-state index contributed by atoms with van der Waals surface area (Å²) in [6, 6.07) is 20.2. The Morgan fingerprint density at radius 2 is 1.71 bits per heavy atom. The van der Waals surface area contributed by atoms with Crippen LogP contribution in [-0.4, -0.2) is 30.5 Å². The van der Waals surface area contributed by atoms with Crippen molar-refractivity contribution in [2.24, 2.45) is 0 Å². The quantitative estimate of drug-likeness (QED) is 0.651. The summed E-state index contributed by atoms with van der Waals surface area (Å²) >= 11 is 0. The molecule has 1 aromatic heterocycles. The molecule has 3 aromatic rings. The maximum absolute atomic E-state index is 12.7. The second-order valence-corrected chi connectivity index (χ2v) is 5.97. The van der Waals surface area contributed by atoms with Crippen molar-refractivity contribution in [3.05, 3.63) is 84.2 Å². The number of carbonyl (C=O) groups is 2. The summed E-state index contributed by atoms with van der Waals surface area (Å²) in [5.74, 6) is -0.916. The van der Waals surface area contributed by atoms with Gasteiger partial charge in [-0.05, 0) is 43.3 Å². The Morgan fingerprint density at radius 3 is 2.43 bits per heavy atom. The molecule has 1 heterocycles. The summed E-state index contributed by atoms with van der Waals surface area (Å²) in [5, 5.41) is 2.75. The van der Waals surface area contributed by atoms with Gasteiger partial charge in [-0.1, -0.05) is 30.3 Å². The number of rotatable bonds is 6. The molecule has 142 valence electrons. The fourth-order valence-electron chi connectivity index (χ4n) is 2.90. The Labute approximate surface area is 163 Å². The van der Waals surface area contributed by atoms with Crippen molar-refractivity contribution >= 4 is 28.9 Å². The molecule has 0 spiro atoms. The zero-order valence-corrected chi connectivity index (χ0v) is 15.8. The van der Waals surface area contributed by atoms with E-state index < -0.39 is 11.9 Å². The zero-order chi connectivity index (χ0) is 19.9. The van der Waals surface area contributed by atoms with Crippen LogP contribution < -0.4 is 10.2 Å². The van der Waals surface area contributed by atoms with Gasteiger partial charge < -0.3 is 15.0 Å². The number of nitrogens with zero attached hydrogens (tertiary/aromatic N) is 2. The largest absolute Gasteiger partial charge is 0.465 e. The molecular weight excluding hydrogens is 354 g/mol. The first-order chi connectivity index (χ1) is 13.6. The summed E-state index contributed by atoms with van der Waals surface area (Å²) < 4.78 is 4.77. The monoisotopic (exact) mass is 375 g/mol. The van der Waals surface area contributed by atoms with E-state index in [9.17, 15) is 9.59 Å². The summed E-state index contributed by atoms with van der Waals surface area (Å²) in [6.07, 6.45) is 1.60. The van der Waals surface area contributed by atoms with E-state index in [0.717, 1.165) is 17.9 Å². The summed E-state index contributed by atoms with van der Waals surface area (Å²) in [7, 11) is 1.30. The van der Waals surface area contributed by atoms with Crippen molar-refractivity contribution in [3.8, 4) is 0 Å². The average Bonchev–Trinajstić information content (AvgIpc) is 2.75. The fraction of sp³-hybridized carbons (Fsp3) is 0.136. The molecule has 0 fully saturated rings. The van der Waals surface area contributed by atoms with Crippen LogP contribution in [-0.2, 0) is 4.74 Å². The molecule has 0 aliphatic rings. The molecule has 6 heteroatoms. The van der Waals surface area contributed by atoms with E-state index in [4.69, 9.17) is 4.74 Å². The van der Waals surface area contributed by atoms with Crippen molar-refractivity contribution in [1.29, 1.82) is 0 Å². The van der Waals surface area contributed by atoms with Gasteiger partial charge in [0, 0.05) is 24.1 Å². The van der Waals surface area contributed by atoms with Gasteiger partial charge >= 0.3 is 5.97 Å². The molecule has 3 rings (SSSR count). The van der Waals surface area contributed by atoms with E-state index >= 15 is 0 Å². The van der Waals surface area contributed by atoms with E-state index in [2.05, 4.69) is 15.2 Å². The zero-order valence-electron chi connectivity index (χ0n) is 15.8. The van der Waals surface area contributed by atoms with Crippen LogP contribution in [0.15, 0.2) is 72.9 Å². The van der Waals surface area contributed by atoms with E-state index in [0.29, 0.717) is 5.69 Å². The van der Waals surface area contributed by atoms with Crippen molar-refractivity contribution in [1.82, 2.24) is 4.98 Å². The van der Waals surface area contributed by atoms with Gasteiger partial charge in [-0.25, -0.2) is 4.79 Å². The number of nitrogens with one attached hydrogen (secondary N) is 1. The maximum atomic E-state index is 12.7. The van der Waals surface area contributed by atoms with Crippen LogP contribution in [0.1, 0.15) is 27.8 Å². The molecule has 0 unspecified atom stereocenters. The van der Waals surface area contributed by atoms with Gasteiger partial charge in [0.15, 0.2) is 0 Å². The van der Waals surface area contributed by atoms with Crippen LogP contribution in [0.5, 0.6) is 0 Å². The van der Waals surface area contributed by atoms with E-state index in [1.54, 1.807) is 36.5 Å². The van der Waals surface area contributed by atoms with Gasteiger partial charge in [-0.2, -0.15) is 0 Å². The number of pyridine rings is 1. The SMILES string of the molecule is CCN(c1ccccc1)c1ccnc(C(=O)Nc2ccccc2C(=O)OC)c1. The third kappa shape index (κ3) is 4.17. The summed E-state index contributed by atoms with van der Waals surface area (Å²) in [4.78, 5) is 30.9. The highest BCUT2D eigenvalue weighted by Gasteiger charge is 2.16. The molecule has 0 saturated heterocycles. The molecule has 0 aliphatic carbocycles. The predicted molar refractivity (Wildman–Crippen MR) is 109 cm³/mol. The van der Waals surface area contributed by atoms with Gasteiger partial charge in [0.2, 0.25) is 0 Å². The van der Waals surface area contributed by atoms with E-state index in [-0.39, 0.29) is 11.3 Å². The highest BCUT2D eigenvalue weighted by atomic mass is 16.5. The lowest BCUT2D eigenvalue weighted by Gasteiger charge is -2.23. The van der Waals surface area contributed by atoms with Gasteiger partial charge in [0.05, 0.1) is 18.4 Å². The van der Waals surface area contributed by atoms with Crippen molar-refractivity contribution in [2.75, 3.05) is 23.9 Å². The number of hydrogen-bond acceptors (Lipinski definition) is 5. The second kappa shape index (κ2) is 8.81. The van der Waals surface area contributed by atoms with Crippen molar-refractivity contribution < 1.29 is 14.3 Å². The number of anilines is 3. The Balaban J connectivity index is 1.86. The third-order valence-corrected chi connectivity index (χ3v) is 4.25. The molecule has 0 bridgehead atoms. The van der Waals surface area contributed by atoms with Crippen LogP contribution in [0.25, 0.3) is 0 Å². The molecule has 1 amide bonds. The van der Waals surface area contributed by atoms with Gasteiger partial charge in [-0.15, -0.1) is 0 Å². The van der Waals surface area contributed by atoms with Crippen LogP contribution in [0.2, 0.25) is 0 Å². The third-order valence-electron chi connectivity index (χ3n) is 4.25. The lowest BCUT2D eigenvalue weighted by Crippen LogP contribution is -2.19. The van der Waals surface area contributed by atoms with Crippen molar-refractivity contribution in [3.63, 3.8) is 0 Å². The molecule has 0 aliphatic heterocycles. The number of carbonyl (C=O) groups excluding carboxylic acids is 2. The molecule has 0 saturated carbocycles. The minimum Gasteiger partial charge on any atom is -0.465 e. The normalized spacial score (nSPS) is 10.2. The minimum atomic E-state index is -0.515. The highest BCUT2D eigenvalue weighted by Crippen LogP contribution is 2.25. The number of ether oxygens (including phenoxy) is 1. The maximum Gasteiger partial charge on any atom is 0.339 e. The first-order valence-electron chi connectivity index (χ1n) is 8.91. The fourth-order valence-corrected chi connectivity index (χ4v) is 2.90. The molecule has 0 atom stereocenters. The first kappa shape index (κ1) is 19.1. The number of amides is 1. The highest BCUT2D eigenvalue weighted by molar-refractivity contribution is 6.07. The average molecular weight is 375 g/mol. The number of para-hydroxylation sites is 2. The minimum absolute atomic E-state index is 0.256. The molecule has 2 aromatic carbocycles. The lowest BCUT2D eigenvalue weighted by atomic mass is 10.1. The lowest BCUT2D eigenvalue weighted by molar-refractivity contribution is 0.0602. The van der Waals surface area contributed by atoms with Crippen LogP contribution in [0.3, 0.4) is 0 Å². The number of esters is 1. The topological polar surface area (TPSA) is 71.5 Å². The van der Waals surface area contributed by atoms with Crippen molar-refractivity contribution in [2.45, 2.75) is 6.92 Å². The first-order valence-corrected chi connectivity index (χ1v) is 8.91. The summed E-state index contributed by atoms with van der Waals surface area (Å²) in [5.41, 5.74) is 2.80. The van der Waals surface area contributed by atoms with Crippen LogP contribution >= 0.6 is 0 Å². The molecule has 28 heavy (non-hydrogen) atoms. The van der Waals surface area contributed by atoms with E-state index in [1.807, 2.05) is 43.3 Å². The summed E-state index contributed by atoms with van der Waals surface area (Å²) in [6.45, 7) is 2.78. The molecule has 1 N–H and O–H groups in total. The number of benzene rings is 2. The second-order valence-electron chi connectivity index (χ2n) is 5.97. The Kier molecular flexibility index (Phi) is 6.01. The Hall–Kier alpha value is -3.67. The van der Waals surface area contributed by atoms with Crippen LogP contribution in [0.4, 0.5) is 17.1 Å². The number of aromatic nitrogens is 1. The standard InChI is InChI=1S/C22H21N3O3/c1-3-25(16-9-5-4-6-10-16)17-13-14-23-20(15-17)21(26)24-19-12-8-7-11-18(19)22(27)28-2/h4-15H,3H2,1-2H3,(H,24,26). The Morgan fingerprint density at radius 1 is 1.00 bits per heavy atom. The van der Waals surface area contributed by atoms with Crippen LogP contribution in [0, 0.1) is 0 Å². The predicted octanol–water partition coefficient (Wildman–Crippen LogP) is 4.28. The number of methoxy groups -OCH3 is 1. The van der Waals surface area contributed by atoms with Gasteiger partial charge in [0.1, 0.15) is 5.69 Å². The van der Waals surface area contributed by atoms with Gasteiger partial charge in [0.25, 0.3) is 5.91 Å². The van der Waals surface area contributed by atoms with E-state index in [1.165, 1.54) is 7.11 Å². The smallest absolute Gasteiger partial charge is 0.339 e. The van der Waals surface area contributed by atoms with Gasteiger partial charge in [-0.3, -0.25) is 9.78 Å². The molecule has 0 radical (unpaired) electrons. The molecule has 6 nitrogen and oxygen atoms in total. The Bertz CT molecular complexity index is 974. The molecular formula is C22H21N3O3. The number of hydrogen-bond donors (Lipinski definition) is 1.